The number of hydrogen-bond donors (Lipinski definition) is 1. The quantitative estimate of drug-likeness (QED) is 0.907. The number of piperidine rings is 1. The van der Waals surface area contributed by atoms with Crippen LogP contribution >= 0.6 is 24.8 Å². The summed E-state index contributed by atoms with van der Waals surface area (Å²) in [5.74, 6) is 1.79. The molecule has 0 amide bonds. The molecule has 2 bridgehead atoms. The van der Waals surface area contributed by atoms with Gasteiger partial charge in [-0.05, 0) is 31.4 Å². The van der Waals surface area contributed by atoms with E-state index in [2.05, 4.69) is 34.5 Å². The van der Waals surface area contributed by atoms with E-state index in [4.69, 9.17) is 4.74 Å². The van der Waals surface area contributed by atoms with Gasteiger partial charge in [0.2, 0.25) is 0 Å². The molecule has 0 radical (unpaired) electrons. The summed E-state index contributed by atoms with van der Waals surface area (Å²) in [6, 6.07) is 8.87. The Labute approximate surface area is 145 Å². The molecule has 2 atom stereocenters. The minimum absolute atomic E-state index is 0. The van der Waals surface area contributed by atoms with Crippen molar-refractivity contribution in [1.29, 1.82) is 0 Å². The van der Waals surface area contributed by atoms with Gasteiger partial charge in [-0.25, -0.2) is 0 Å². The predicted octanol–water partition coefficient (Wildman–Crippen LogP) is 3.24. The van der Waals surface area contributed by atoms with Gasteiger partial charge in [-0.2, -0.15) is 0 Å². The number of fused-ring (bicyclic) bond motifs is 4. The van der Waals surface area contributed by atoms with E-state index < -0.39 is 0 Å². The van der Waals surface area contributed by atoms with Crippen molar-refractivity contribution in [2.75, 3.05) is 33.3 Å². The number of methoxy groups -OCH3 is 1. The molecule has 1 aromatic rings. The Morgan fingerprint density at radius 1 is 1.23 bits per heavy atom. The molecule has 0 saturated carbocycles. The van der Waals surface area contributed by atoms with Crippen LogP contribution in [-0.4, -0.2) is 44.2 Å². The molecule has 0 aliphatic carbocycles. The highest BCUT2D eigenvalue weighted by atomic mass is 35.5. The molecular weight excluding hydrogens is 319 g/mol. The third-order valence-electron chi connectivity index (χ3n) is 4.41. The fraction of sp³-hybridized carbons (Fsp3) is 0.529. The van der Waals surface area contributed by atoms with Crippen LogP contribution in [0.1, 0.15) is 18.4 Å². The van der Waals surface area contributed by atoms with E-state index in [1.807, 2.05) is 12.1 Å². The van der Waals surface area contributed by atoms with E-state index in [9.17, 15) is 0 Å². The monoisotopic (exact) mass is 344 g/mol. The summed E-state index contributed by atoms with van der Waals surface area (Å²) >= 11 is 0. The lowest BCUT2D eigenvalue weighted by Gasteiger charge is -2.23. The van der Waals surface area contributed by atoms with E-state index in [0.29, 0.717) is 6.04 Å². The van der Waals surface area contributed by atoms with Gasteiger partial charge in [0, 0.05) is 31.2 Å². The van der Waals surface area contributed by atoms with Crippen LogP contribution in [0.15, 0.2) is 30.3 Å². The molecule has 3 fully saturated rings. The highest BCUT2D eigenvalue weighted by Crippen LogP contribution is 2.22. The molecule has 0 unspecified atom stereocenters. The average molecular weight is 345 g/mol. The van der Waals surface area contributed by atoms with Crippen molar-refractivity contribution >= 4 is 30.9 Å². The second-order valence-electron chi connectivity index (χ2n) is 5.91. The summed E-state index contributed by atoms with van der Waals surface area (Å²) in [6.07, 6.45) is 7.18. The number of nitrogens with zero attached hydrogens (tertiary/aromatic N) is 1. The van der Waals surface area contributed by atoms with Gasteiger partial charge in [-0.3, -0.25) is 4.90 Å². The van der Waals surface area contributed by atoms with Crippen LogP contribution in [0, 0.1) is 5.92 Å². The number of benzene rings is 1. The summed E-state index contributed by atoms with van der Waals surface area (Å²) in [4.78, 5) is 2.58. The van der Waals surface area contributed by atoms with Crippen LogP contribution in [0.4, 0.5) is 0 Å². The van der Waals surface area contributed by atoms with Crippen molar-refractivity contribution in [2.45, 2.75) is 18.9 Å². The average Bonchev–Trinajstić information content (AvgIpc) is 2.80. The number of hydrogen-bond acceptors (Lipinski definition) is 3. The Morgan fingerprint density at radius 3 is 2.77 bits per heavy atom. The summed E-state index contributed by atoms with van der Waals surface area (Å²) in [5, 5.41) is 3.65. The Bertz CT molecular complexity index is 459. The maximum atomic E-state index is 5.38. The van der Waals surface area contributed by atoms with Crippen LogP contribution < -0.4 is 10.1 Å². The van der Waals surface area contributed by atoms with Crippen molar-refractivity contribution < 1.29 is 4.74 Å². The minimum atomic E-state index is 0. The van der Waals surface area contributed by atoms with Gasteiger partial charge in [0.15, 0.2) is 0 Å². The zero-order chi connectivity index (χ0) is 13.8. The fourth-order valence-electron chi connectivity index (χ4n) is 3.32. The number of ether oxygens (including phenoxy) is 1. The van der Waals surface area contributed by atoms with Crippen LogP contribution in [0.2, 0.25) is 0 Å². The fourth-order valence-corrected chi connectivity index (χ4v) is 3.32. The van der Waals surface area contributed by atoms with E-state index in [1.165, 1.54) is 32.5 Å². The van der Waals surface area contributed by atoms with Gasteiger partial charge in [0.1, 0.15) is 5.75 Å². The summed E-state index contributed by atoms with van der Waals surface area (Å²) in [5.41, 5.74) is 1.16. The first-order chi connectivity index (χ1) is 9.85. The Balaban J connectivity index is 0.00000121. The molecule has 0 spiro atoms. The first-order valence-corrected chi connectivity index (χ1v) is 7.60. The highest BCUT2D eigenvalue weighted by molar-refractivity contribution is 5.85. The zero-order valence-corrected chi connectivity index (χ0v) is 14.7. The van der Waals surface area contributed by atoms with Gasteiger partial charge < -0.3 is 10.1 Å². The molecule has 3 aliphatic rings. The minimum Gasteiger partial charge on any atom is -0.496 e. The zero-order valence-electron chi connectivity index (χ0n) is 13.0. The van der Waals surface area contributed by atoms with Crippen molar-refractivity contribution in [1.82, 2.24) is 10.2 Å². The largest absolute Gasteiger partial charge is 0.496 e. The van der Waals surface area contributed by atoms with Crippen LogP contribution in [0.3, 0.4) is 0 Å². The molecule has 1 N–H and O–H groups in total. The number of halogens is 2. The highest BCUT2D eigenvalue weighted by Gasteiger charge is 2.28. The normalized spacial score (nSPS) is 24.4. The molecule has 3 saturated heterocycles. The number of nitrogens with one attached hydrogen (secondary N) is 1. The van der Waals surface area contributed by atoms with Gasteiger partial charge in [-0.1, -0.05) is 30.4 Å². The standard InChI is InChI=1S/C17H24N2O.2ClH/c1-20-17-7-3-2-5-15(17)6-4-10-19-12-14-8-9-16(13-19)18-11-14;;/h2-7,14,16,18H,8-13H2,1H3;2*1H/t14-,16-;;/m0../s1. The van der Waals surface area contributed by atoms with Crippen molar-refractivity contribution in [3.8, 4) is 5.75 Å². The molecule has 22 heavy (non-hydrogen) atoms. The lowest BCUT2D eigenvalue weighted by Crippen LogP contribution is -2.39. The maximum absolute atomic E-state index is 5.38. The lowest BCUT2D eigenvalue weighted by molar-refractivity contribution is 0.291. The summed E-state index contributed by atoms with van der Waals surface area (Å²) < 4.78 is 5.38. The van der Waals surface area contributed by atoms with E-state index in [0.717, 1.165) is 23.8 Å². The van der Waals surface area contributed by atoms with Gasteiger partial charge in [0.25, 0.3) is 0 Å². The Kier molecular flexibility index (Phi) is 8.26. The Morgan fingerprint density at radius 2 is 2.05 bits per heavy atom. The van der Waals surface area contributed by atoms with E-state index in [1.54, 1.807) is 7.11 Å². The molecule has 1 aromatic carbocycles. The SMILES string of the molecule is COc1ccccc1C=CCN1C[C@H]2CC[C@@H](C1)NC2.Cl.Cl. The molecule has 4 rings (SSSR count). The summed E-state index contributed by atoms with van der Waals surface area (Å²) in [6.45, 7) is 4.66. The topological polar surface area (TPSA) is 24.5 Å². The van der Waals surface area contributed by atoms with Crippen molar-refractivity contribution in [2.24, 2.45) is 5.92 Å². The predicted molar refractivity (Wildman–Crippen MR) is 97.5 cm³/mol. The molecule has 3 aliphatic heterocycles. The maximum Gasteiger partial charge on any atom is 0.126 e. The Hall–Kier alpha value is -0.740. The van der Waals surface area contributed by atoms with Gasteiger partial charge >= 0.3 is 0 Å². The van der Waals surface area contributed by atoms with Crippen molar-refractivity contribution in [3.05, 3.63) is 35.9 Å². The second kappa shape index (κ2) is 9.41. The molecule has 5 heteroatoms. The first-order valence-electron chi connectivity index (χ1n) is 7.60. The van der Waals surface area contributed by atoms with Crippen LogP contribution in [0.25, 0.3) is 6.08 Å². The first kappa shape index (κ1) is 19.3. The molecule has 3 nitrogen and oxygen atoms in total. The third kappa shape index (κ3) is 4.88. The van der Waals surface area contributed by atoms with Crippen molar-refractivity contribution in [3.63, 3.8) is 0 Å². The van der Waals surface area contributed by atoms with E-state index >= 15 is 0 Å². The van der Waals surface area contributed by atoms with Crippen LogP contribution in [-0.2, 0) is 0 Å². The molecular formula is C17H26Cl2N2O. The van der Waals surface area contributed by atoms with Gasteiger partial charge in [-0.15, -0.1) is 24.8 Å². The molecule has 0 aromatic heterocycles. The molecule has 124 valence electrons. The molecule has 3 heterocycles. The van der Waals surface area contributed by atoms with Gasteiger partial charge in [0.05, 0.1) is 7.11 Å². The second-order valence-corrected chi connectivity index (χ2v) is 5.91. The smallest absolute Gasteiger partial charge is 0.126 e. The number of rotatable bonds is 4. The third-order valence-corrected chi connectivity index (χ3v) is 4.41. The number of para-hydroxylation sites is 1. The summed E-state index contributed by atoms with van der Waals surface area (Å²) in [7, 11) is 1.73. The lowest BCUT2D eigenvalue weighted by atomic mass is 9.97. The van der Waals surface area contributed by atoms with Crippen LogP contribution in [0.5, 0.6) is 5.75 Å². The van der Waals surface area contributed by atoms with E-state index in [-0.39, 0.29) is 24.8 Å².